The maximum Gasteiger partial charge on any atom is 0.255 e. The normalized spacial score (nSPS) is 10.3. The lowest BCUT2D eigenvalue weighted by Crippen LogP contribution is -2.22. The Labute approximate surface area is 148 Å². The highest BCUT2D eigenvalue weighted by atomic mass is 16.2. The van der Waals surface area contributed by atoms with Crippen LogP contribution in [0.25, 0.3) is 0 Å². The van der Waals surface area contributed by atoms with Crippen LogP contribution < -0.4 is 16.4 Å². The van der Waals surface area contributed by atoms with E-state index in [9.17, 15) is 9.59 Å². The molecule has 0 radical (unpaired) electrons. The Morgan fingerprint density at radius 3 is 2.40 bits per heavy atom. The predicted octanol–water partition coefficient (Wildman–Crippen LogP) is 3.72. The van der Waals surface area contributed by atoms with Gasteiger partial charge in [0.05, 0.1) is 11.4 Å². The molecule has 0 heterocycles. The Bertz CT molecular complexity index is 711. The van der Waals surface area contributed by atoms with Gasteiger partial charge in [-0.1, -0.05) is 44.0 Å². The summed E-state index contributed by atoms with van der Waals surface area (Å²) in [5.41, 5.74) is 8.45. The highest BCUT2D eigenvalue weighted by molar-refractivity contribution is 6.05. The lowest BCUT2D eigenvalue weighted by molar-refractivity contribution is -0.121. The Hall–Kier alpha value is -2.82. The molecule has 132 valence electrons. The number of hydrogen-bond acceptors (Lipinski definition) is 3. The predicted molar refractivity (Wildman–Crippen MR) is 101 cm³/mol. The number of carbonyl (C=O) groups excluding carboxylic acids is 2. The minimum absolute atomic E-state index is 0.0647. The van der Waals surface area contributed by atoms with Gasteiger partial charge in [0.1, 0.15) is 0 Å². The third-order valence-electron chi connectivity index (χ3n) is 3.92. The van der Waals surface area contributed by atoms with Crippen molar-refractivity contribution in [1.82, 2.24) is 5.32 Å². The summed E-state index contributed by atoms with van der Waals surface area (Å²) in [6.45, 7) is 2.58. The molecule has 0 unspecified atom stereocenters. The maximum atomic E-state index is 12.3. The summed E-state index contributed by atoms with van der Waals surface area (Å²) >= 11 is 0. The molecule has 0 aliphatic carbocycles. The van der Waals surface area contributed by atoms with Crippen molar-refractivity contribution < 1.29 is 9.59 Å². The fourth-order valence-corrected chi connectivity index (χ4v) is 2.40. The van der Waals surface area contributed by atoms with Gasteiger partial charge in [-0.3, -0.25) is 9.59 Å². The Kier molecular flexibility index (Phi) is 7.01. The Morgan fingerprint density at radius 1 is 1.00 bits per heavy atom. The standard InChI is InChI=1S/C20H25N3O2/c1-2-3-4-9-19(24)22-14-15-10-12-16(13-11-15)20(25)23-18-8-6-5-7-17(18)21/h5-8,10-13H,2-4,9,14,21H2,1H3,(H,22,24)(H,23,25). The lowest BCUT2D eigenvalue weighted by Gasteiger charge is -2.09. The number of anilines is 2. The van der Waals surface area contributed by atoms with Crippen LogP contribution in [-0.4, -0.2) is 11.8 Å². The molecule has 0 fully saturated rings. The number of amides is 2. The van der Waals surface area contributed by atoms with E-state index in [1.807, 2.05) is 24.3 Å². The van der Waals surface area contributed by atoms with E-state index in [4.69, 9.17) is 5.73 Å². The van der Waals surface area contributed by atoms with Gasteiger partial charge in [-0.15, -0.1) is 0 Å². The van der Waals surface area contributed by atoms with E-state index in [0.29, 0.717) is 29.9 Å². The maximum absolute atomic E-state index is 12.3. The lowest BCUT2D eigenvalue weighted by atomic mass is 10.1. The first-order valence-corrected chi connectivity index (χ1v) is 8.61. The third-order valence-corrected chi connectivity index (χ3v) is 3.92. The number of hydrogen-bond donors (Lipinski definition) is 3. The largest absolute Gasteiger partial charge is 0.397 e. The van der Waals surface area contributed by atoms with Gasteiger partial charge in [-0.25, -0.2) is 0 Å². The van der Waals surface area contributed by atoms with Gasteiger partial charge < -0.3 is 16.4 Å². The fourth-order valence-electron chi connectivity index (χ4n) is 2.40. The highest BCUT2D eigenvalue weighted by Crippen LogP contribution is 2.18. The Balaban J connectivity index is 1.86. The first-order valence-electron chi connectivity index (χ1n) is 8.61. The van der Waals surface area contributed by atoms with Crippen molar-refractivity contribution in [3.8, 4) is 0 Å². The molecule has 2 amide bonds. The molecule has 25 heavy (non-hydrogen) atoms. The van der Waals surface area contributed by atoms with Gasteiger partial charge in [-0.05, 0) is 36.2 Å². The topological polar surface area (TPSA) is 84.2 Å². The van der Waals surface area contributed by atoms with Gasteiger partial charge in [0.15, 0.2) is 0 Å². The fraction of sp³-hybridized carbons (Fsp3) is 0.300. The summed E-state index contributed by atoms with van der Waals surface area (Å²) < 4.78 is 0. The molecule has 0 saturated carbocycles. The van der Waals surface area contributed by atoms with Crippen molar-refractivity contribution in [2.24, 2.45) is 0 Å². The van der Waals surface area contributed by atoms with E-state index < -0.39 is 0 Å². The van der Waals surface area contributed by atoms with Crippen LogP contribution in [0.2, 0.25) is 0 Å². The number of nitrogens with one attached hydrogen (secondary N) is 2. The number of carbonyl (C=O) groups is 2. The van der Waals surface area contributed by atoms with Crippen molar-refractivity contribution in [3.63, 3.8) is 0 Å². The second kappa shape index (κ2) is 9.47. The summed E-state index contributed by atoms with van der Waals surface area (Å²) in [6, 6.07) is 14.3. The van der Waals surface area contributed by atoms with Crippen molar-refractivity contribution in [1.29, 1.82) is 0 Å². The first-order chi connectivity index (χ1) is 12.1. The van der Waals surface area contributed by atoms with Gasteiger partial charge >= 0.3 is 0 Å². The van der Waals surface area contributed by atoms with Crippen LogP contribution in [0.5, 0.6) is 0 Å². The van der Waals surface area contributed by atoms with E-state index in [2.05, 4.69) is 17.6 Å². The van der Waals surface area contributed by atoms with E-state index in [-0.39, 0.29) is 11.8 Å². The number of nitrogen functional groups attached to an aromatic ring is 1. The molecule has 0 atom stereocenters. The first kappa shape index (κ1) is 18.5. The van der Waals surface area contributed by atoms with Crippen LogP contribution in [0, 0.1) is 0 Å². The van der Waals surface area contributed by atoms with Crippen molar-refractivity contribution in [2.75, 3.05) is 11.1 Å². The van der Waals surface area contributed by atoms with Gasteiger partial charge in [-0.2, -0.15) is 0 Å². The quantitative estimate of drug-likeness (QED) is 0.506. The van der Waals surface area contributed by atoms with Crippen LogP contribution in [0.3, 0.4) is 0 Å². The minimum atomic E-state index is -0.215. The molecule has 0 aliphatic heterocycles. The summed E-state index contributed by atoms with van der Waals surface area (Å²) in [5, 5.41) is 5.69. The summed E-state index contributed by atoms with van der Waals surface area (Å²) in [6.07, 6.45) is 3.66. The summed E-state index contributed by atoms with van der Waals surface area (Å²) in [4.78, 5) is 24.0. The molecule has 0 aromatic heterocycles. The molecule has 5 nitrogen and oxygen atoms in total. The SMILES string of the molecule is CCCCCC(=O)NCc1ccc(C(=O)Nc2ccccc2N)cc1. The van der Waals surface area contributed by atoms with Crippen molar-refractivity contribution >= 4 is 23.2 Å². The number of benzene rings is 2. The van der Waals surface area contributed by atoms with Crippen LogP contribution in [0.15, 0.2) is 48.5 Å². The van der Waals surface area contributed by atoms with E-state index in [1.165, 1.54) is 0 Å². The molecule has 5 heteroatoms. The molecule has 0 saturated heterocycles. The molecule has 0 spiro atoms. The third kappa shape index (κ3) is 5.95. The average Bonchev–Trinajstić information content (AvgIpc) is 2.62. The van der Waals surface area contributed by atoms with E-state index in [0.717, 1.165) is 24.8 Å². The second-order valence-electron chi connectivity index (χ2n) is 5.97. The van der Waals surface area contributed by atoms with Crippen LogP contribution in [-0.2, 0) is 11.3 Å². The second-order valence-corrected chi connectivity index (χ2v) is 5.97. The molecule has 2 rings (SSSR count). The molecule has 0 aliphatic rings. The number of unbranched alkanes of at least 4 members (excludes halogenated alkanes) is 2. The summed E-state index contributed by atoms with van der Waals surface area (Å²) in [5.74, 6) is -0.150. The monoisotopic (exact) mass is 339 g/mol. The zero-order valence-electron chi connectivity index (χ0n) is 14.5. The molecule has 2 aromatic rings. The molecule has 2 aromatic carbocycles. The highest BCUT2D eigenvalue weighted by Gasteiger charge is 2.08. The Morgan fingerprint density at radius 2 is 1.72 bits per heavy atom. The van der Waals surface area contributed by atoms with Crippen molar-refractivity contribution in [3.05, 3.63) is 59.7 Å². The van der Waals surface area contributed by atoms with Gasteiger partial charge in [0.2, 0.25) is 5.91 Å². The molecular formula is C20H25N3O2. The molecular weight excluding hydrogens is 314 g/mol. The smallest absolute Gasteiger partial charge is 0.255 e. The van der Waals surface area contributed by atoms with Gasteiger partial charge in [0, 0.05) is 18.5 Å². The van der Waals surface area contributed by atoms with E-state index in [1.54, 1.807) is 24.3 Å². The zero-order chi connectivity index (χ0) is 18.1. The zero-order valence-corrected chi connectivity index (χ0v) is 14.5. The minimum Gasteiger partial charge on any atom is -0.397 e. The molecule has 0 bridgehead atoms. The van der Waals surface area contributed by atoms with Gasteiger partial charge in [0.25, 0.3) is 5.91 Å². The number of rotatable bonds is 8. The number of para-hydroxylation sites is 2. The van der Waals surface area contributed by atoms with Crippen LogP contribution in [0.4, 0.5) is 11.4 Å². The average molecular weight is 339 g/mol. The van der Waals surface area contributed by atoms with E-state index >= 15 is 0 Å². The molecule has 4 N–H and O–H groups in total. The van der Waals surface area contributed by atoms with Crippen molar-refractivity contribution in [2.45, 2.75) is 39.2 Å². The number of nitrogens with two attached hydrogens (primary N) is 1. The van der Waals surface area contributed by atoms with Crippen LogP contribution in [0.1, 0.15) is 48.5 Å². The summed E-state index contributed by atoms with van der Waals surface area (Å²) in [7, 11) is 0. The van der Waals surface area contributed by atoms with Crippen LogP contribution >= 0.6 is 0 Å².